The number of para-hydroxylation sites is 2. The van der Waals surface area contributed by atoms with Gasteiger partial charge in [0.05, 0.1) is 40.5 Å². The highest BCUT2D eigenvalue weighted by Gasteiger charge is 2.40. The molecule has 1 aliphatic heterocycles. The van der Waals surface area contributed by atoms with Crippen LogP contribution in [0.4, 0.5) is 11.4 Å². The first-order chi connectivity index (χ1) is 28.1. The Morgan fingerprint density at radius 3 is 2.05 bits per heavy atom. The Labute approximate surface area is 331 Å². The first-order valence-electron chi connectivity index (χ1n) is 19.1. The van der Waals surface area contributed by atoms with Crippen molar-refractivity contribution in [3.8, 4) is 52.4 Å². The third-order valence-electron chi connectivity index (χ3n) is 11.7. The van der Waals surface area contributed by atoms with Crippen LogP contribution in [0.25, 0.3) is 66.6 Å². The molecule has 1 aromatic heterocycles. The zero-order valence-electron chi connectivity index (χ0n) is 31.2. The molecule has 1 aliphatic carbocycles. The van der Waals surface area contributed by atoms with Gasteiger partial charge in [0, 0.05) is 50.0 Å². The Bertz CT molecular complexity index is 3160. The van der Waals surface area contributed by atoms with Gasteiger partial charge < -0.3 is 9.47 Å². The number of fused-ring (bicyclic) bond motifs is 8. The molecular weight excluding hydrogens is 693 g/mol. The molecule has 0 saturated heterocycles. The summed E-state index contributed by atoms with van der Waals surface area (Å²) >= 11 is 0. The lowest BCUT2D eigenvalue weighted by atomic mass is 9.87. The summed E-state index contributed by atoms with van der Waals surface area (Å²) in [6.45, 7) is 2.19. The molecule has 2 atom stereocenters. The van der Waals surface area contributed by atoms with Crippen molar-refractivity contribution in [1.82, 2.24) is 4.57 Å². The monoisotopic (exact) mass is 726 g/mol. The van der Waals surface area contributed by atoms with E-state index in [4.69, 9.17) is 6.42 Å². The SMILES string of the molecule is C#C/C=C\c1c(C)c(-c2ccc(-c3ccc(N4c5c(cc(C#N)c6ccccc56)C5C=C(C#N)C=CC54)cc3)cc2)cc2c3ccccc3n(-c3ccccc3)c12. The fraction of sp³-hybridized carbons (Fsp3) is 0.0566. The van der Waals surface area contributed by atoms with Crippen molar-refractivity contribution >= 4 is 50.0 Å². The minimum atomic E-state index is -0.0382. The largest absolute Gasteiger partial charge is 0.333 e. The molecule has 266 valence electrons. The lowest BCUT2D eigenvalue weighted by Gasteiger charge is -2.29. The van der Waals surface area contributed by atoms with Crippen LogP contribution in [0.3, 0.4) is 0 Å². The molecule has 0 fully saturated rings. The summed E-state index contributed by atoms with van der Waals surface area (Å²) in [6, 6.07) is 53.9. The van der Waals surface area contributed by atoms with Crippen LogP contribution in [0.1, 0.15) is 28.2 Å². The highest BCUT2D eigenvalue weighted by atomic mass is 15.2. The molecule has 0 spiro atoms. The third-order valence-corrected chi connectivity index (χ3v) is 11.7. The van der Waals surface area contributed by atoms with E-state index in [1.54, 1.807) is 6.08 Å². The van der Waals surface area contributed by atoms with Crippen molar-refractivity contribution in [1.29, 1.82) is 10.5 Å². The van der Waals surface area contributed by atoms with Crippen molar-refractivity contribution < 1.29 is 0 Å². The molecule has 0 saturated carbocycles. The number of anilines is 2. The molecule has 7 aromatic carbocycles. The first-order valence-corrected chi connectivity index (χ1v) is 19.1. The number of hydrogen-bond donors (Lipinski definition) is 0. The van der Waals surface area contributed by atoms with Gasteiger partial charge in [-0.2, -0.15) is 10.5 Å². The van der Waals surface area contributed by atoms with Crippen LogP contribution in [0.2, 0.25) is 0 Å². The number of rotatable bonds is 5. The van der Waals surface area contributed by atoms with E-state index < -0.39 is 0 Å². The van der Waals surface area contributed by atoms with E-state index in [2.05, 4.69) is 156 Å². The van der Waals surface area contributed by atoms with E-state index in [1.807, 2.05) is 42.5 Å². The normalized spacial score (nSPS) is 15.7. The molecule has 4 heteroatoms. The quantitative estimate of drug-likeness (QED) is 0.166. The van der Waals surface area contributed by atoms with Crippen LogP contribution in [0.5, 0.6) is 0 Å². The van der Waals surface area contributed by atoms with Gasteiger partial charge in [-0.25, -0.2) is 0 Å². The maximum atomic E-state index is 10.1. The van der Waals surface area contributed by atoms with Crippen molar-refractivity contribution in [3.05, 3.63) is 192 Å². The zero-order valence-corrected chi connectivity index (χ0v) is 31.2. The second-order valence-electron chi connectivity index (χ2n) is 14.7. The Hall–Kier alpha value is -7.84. The van der Waals surface area contributed by atoms with E-state index in [9.17, 15) is 10.5 Å². The predicted molar refractivity (Wildman–Crippen MR) is 234 cm³/mol. The van der Waals surface area contributed by atoms with E-state index in [0.717, 1.165) is 66.7 Å². The second kappa shape index (κ2) is 13.5. The maximum absolute atomic E-state index is 10.1. The minimum absolute atomic E-state index is 0.0118. The summed E-state index contributed by atoms with van der Waals surface area (Å²) in [5.74, 6) is 2.68. The van der Waals surface area contributed by atoms with E-state index >= 15 is 0 Å². The fourth-order valence-corrected chi connectivity index (χ4v) is 9.10. The van der Waals surface area contributed by atoms with E-state index in [0.29, 0.717) is 11.1 Å². The van der Waals surface area contributed by atoms with Gasteiger partial charge in [0.1, 0.15) is 0 Å². The molecule has 2 unspecified atom stereocenters. The van der Waals surface area contributed by atoms with Crippen molar-refractivity contribution in [2.75, 3.05) is 4.90 Å². The number of terminal acetylenes is 1. The highest BCUT2D eigenvalue weighted by Crippen LogP contribution is 2.52. The molecule has 0 amide bonds. The zero-order chi connectivity index (χ0) is 38.6. The van der Waals surface area contributed by atoms with Gasteiger partial charge in [0.2, 0.25) is 0 Å². The van der Waals surface area contributed by atoms with Crippen LogP contribution >= 0.6 is 0 Å². The van der Waals surface area contributed by atoms with Gasteiger partial charge in [-0.3, -0.25) is 0 Å². The summed E-state index contributed by atoms with van der Waals surface area (Å²) < 4.78 is 2.35. The first kappa shape index (κ1) is 33.7. The summed E-state index contributed by atoms with van der Waals surface area (Å²) in [5.41, 5.74) is 14.7. The molecular formula is C53H34N4. The summed E-state index contributed by atoms with van der Waals surface area (Å²) in [4.78, 5) is 2.37. The van der Waals surface area contributed by atoms with Crippen LogP contribution in [0, 0.1) is 41.9 Å². The average molecular weight is 727 g/mol. The Kier molecular flexibility index (Phi) is 7.97. The summed E-state index contributed by atoms with van der Waals surface area (Å²) in [6.07, 6.45) is 15.7. The molecule has 8 aromatic rings. The van der Waals surface area contributed by atoms with Crippen LogP contribution in [-0.4, -0.2) is 10.6 Å². The topological polar surface area (TPSA) is 55.8 Å². The van der Waals surface area contributed by atoms with E-state index in [-0.39, 0.29) is 12.0 Å². The minimum Gasteiger partial charge on any atom is -0.333 e. The molecule has 2 heterocycles. The number of aromatic nitrogens is 1. The number of hydrogen-bond acceptors (Lipinski definition) is 3. The second-order valence-corrected chi connectivity index (χ2v) is 14.7. The molecule has 0 N–H and O–H groups in total. The van der Waals surface area contributed by atoms with Crippen LogP contribution in [0.15, 0.2) is 169 Å². The Morgan fingerprint density at radius 2 is 1.33 bits per heavy atom. The average Bonchev–Trinajstić information content (AvgIpc) is 3.78. The molecule has 0 radical (unpaired) electrons. The number of nitriles is 2. The van der Waals surface area contributed by atoms with Gasteiger partial charge >= 0.3 is 0 Å². The van der Waals surface area contributed by atoms with E-state index in [1.165, 1.54) is 21.9 Å². The van der Waals surface area contributed by atoms with Gasteiger partial charge in [0.25, 0.3) is 0 Å². The molecule has 2 aliphatic rings. The van der Waals surface area contributed by atoms with Gasteiger partial charge in [-0.15, -0.1) is 6.42 Å². The lowest BCUT2D eigenvalue weighted by molar-refractivity contribution is 0.741. The molecule has 4 nitrogen and oxygen atoms in total. The van der Waals surface area contributed by atoms with Crippen LogP contribution < -0.4 is 4.90 Å². The highest BCUT2D eigenvalue weighted by molar-refractivity contribution is 6.14. The maximum Gasteiger partial charge on any atom is 0.0998 e. The summed E-state index contributed by atoms with van der Waals surface area (Å²) in [7, 11) is 0. The Morgan fingerprint density at radius 1 is 0.667 bits per heavy atom. The third kappa shape index (κ3) is 5.30. The van der Waals surface area contributed by atoms with Crippen molar-refractivity contribution in [2.45, 2.75) is 18.9 Å². The predicted octanol–water partition coefficient (Wildman–Crippen LogP) is 12.7. The number of benzene rings is 7. The fourth-order valence-electron chi connectivity index (χ4n) is 9.10. The Balaban J connectivity index is 1.04. The standard InChI is InChI=1S/C53H34N4/c1-3-4-14-42-34(2)46(31-49-44-16-10-11-18-50(44)56(52(42)49)40-12-6-5-7-13-40)38-22-20-36(21-23-38)37-24-26-41(27-25-37)57-51-28-19-35(32-54)29-47(51)48-30-39(33-55)43-15-8-9-17-45(43)53(48)57/h1,4-31,47,51H,2H3/b14-4-. The van der Waals surface area contributed by atoms with Gasteiger partial charge in [-0.05, 0) is 101 Å². The molecule has 10 rings (SSSR count). The number of allylic oxidation sites excluding steroid dienone is 3. The van der Waals surface area contributed by atoms with Crippen LogP contribution in [-0.2, 0) is 0 Å². The molecule has 0 bridgehead atoms. The number of nitrogens with zero attached hydrogens (tertiary/aromatic N) is 4. The summed E-state index contributed by atoms with van der Waals surface area (Å²) in [5, 5.41) is 24.2. The van der Waals surface area contributed by atoms with Crippen molar-refractivity contribution in [3.63, 3.8) is 0 Å². The van der Waals surface area contributed by atoms with Crippen molar-refractivity contribution in [2.24, 2.45) is 0 Å². The molecule has 57 heavy (non-hydrogen) atoms. The van der Waals surface area contributed by atoms with Gasteiger partial charge in [0.15, 0.2) is 0 Å². The smallest absolute Gasteiger partial charge is 0.0998 e. The lowest BCUT2D eigenvalue weighted by Crippen LogP contribution is -2.29. The van der Waals surface area contributed by atoms with Gasteiger partial charge in [-0.1, -0.05) is 115 Å².